The molecule has 0 aliphatic heterocycles. The summed E-state index contributed by atoms with van der Waals surface area (Å²) in [7, 11) is -3.82. The number of carbonyl (C=O) groups excluding carboxylic acids is 1. The minimum absolute atomic E-state index is 0.105. The molecule has 0 bridgehead atoms. The first-order chi connectivity index (χ1) is 11.7. The first kappa shape index (κ1) is 19.0. The zero-order chi connectivity index (χ0) is 18.6. The Balaban J connectivity index is 2.16. The molecule has 5 nitrogen and oxygen atoms in total. The van der Waals surface area contributed by atoms with E-state index in [1.54, 1.807) is 0 Å². The summed E-state index contributed by atoms with van der Waals surface area (Å²) in [5.41, 5.74) is -0.0202. The molecule has 0 aliphatic rings. The molecule has 2 N–H and O–H groups in total. The second-order valence-electron chi connectivity index (χ2n) is 5.85. The third-order valence-electron chi connectivity index (χ3n) is 3.29. The summed E-state index contributed by atoms with van der Waals surface area (Å²) in [6, 6.07) is 7.95. The Kier molecular flexibility index (Phi) is 5.86. The molecular weight excluding hydrogens is 350 g/mol. The fraction of sp³-hybridized carbons (Fsp3) is 0.235. The maximum Gasteiger partial charge on any atom is 0.255 e. The van der Waals surface area contributed by atoms with Crippen LogP contribution in [0.3, 0.4) is 0 Å². The number of amides is 1. The van der Waals surface area contributed by atoms with Gasteiger partial charge in [0.05, 0.1) is 10.6 Å². The number of rotatable bonds is 6. The number of sulfonamides is 1. The van der Waals surface area contributed by atoms with Crippen molar-refractivity contribution >= 4 is 21.6 Å². The smallest absolute Gasteiger partial charge is 0.255 e. The number of hydrogen-bond donors (Lipinski definition) is 2. The molecule has 2 aromatic carbocycles. The van der Waals surface area contributed by atoms with Gasteiger partial charge in [0.15, 0.2) is 0 Å². The Bertz CT molecular complexity index is 866. The monoisotopic (exact) mass is 368 g/mol. The van der Waals surface area contributed by atoms with Crippen molar-refractivity contribution in [2.24, 2.45) is 5.92 Å². The summed E-state index contributed by atoms with van der Waals surface area (Å²) in [5.74, 6) is -1.91. The average molecular weight is 368 g/mol. The van der Waals surface area contributed by atoms with Gasteiger partial charge in [-0.15, -0.1) is 0 Å². The summed E-state index contributed by atoms with van der Waals surface area (Å²) in [4.78, 5) is 11.8. The van der Waals surface area contributed by atoms with Crippen molar-refractivity contribution in [3.63, 3.8) is 0 Å². The summed E-state index contributed by atoms with van der Waals surface area (Å²) < 4.78 is 53.5. The van der Waals surface area contributed by atoms with Crippen molar-refractivity contribution in [3.05, 3.63) is 59.7 Å². The summed E-state index contributed by atoms with van der Waals surface area (Å²) in [6.07, 6.45) is 0. The second kappa shape index (κ2) is 7.71. The summed E-state index contributed by atoms with van der Waals surface area (Å²) >= 11 is 0. The largest absolute Gasteiger partial charge is 0.319 e. The van der Waals surface area contributed by atoms with E-state index in [4.69, 9.17) is 0 Å². The van der Waals surface area contributed by atoms with Gasteiger partial charge in [-0.2, -0.15) is 0 Å². The van der Waals surface area contributed by atoms with Gasteiger partial charge in [0.25, 0.3) is 5.91 Å². The zero-order valence-corrected chi connectivity index (χ0v) is 14.5. The molecule has 0 aliphatic carbocycles. The lowest BCUT2D eigenvalue weighted by Gasteiger charge is -2.11. The lowest BCUT2D eigenvalue weighted by atomic mass is 10.2. The highest BCUT2D eigenvalue weighted by atomic mass is 32.2. The first-order valence-corrected chi connectivity index (χ1v) is 9.03. The van der Waals surface area contributed by atoms with Gasteiger partial charge in [-0.05, 0) is 48.4 Å². The van der Waals surface area contributed by atoms with E-state index in [1.807, 2.05) is 13.8 Å². The van der Waals surface area contributed by atoms with E-state index >= 15 is 0 Å². The Morgan fingerprint density at radius 3 is 2.28 bits per heavy atom. The molecule has 0 saturated heterocycles. The molecule has 1 amide bonds. The number of benzene rings is 2. The third kappa shape index (κ3) is 5.07. The molecular formula is C17H18F2N2O3S. The number of anilines is 1. The highest BCUT2D eigenvalue weighted by molar-refractivity contribution is 7.89. The molecule has 2 aromatic rings. The molecule has 134 valence electrons. The van der Waals surface area contributed by atoms with Crippen LogP contribution < -0.4 is 10.0 Å². The van der Waals surface area contributed by atoms with Crippen LogP contribution in [0.1, 0.15) is 24.2 Å². The van der Waals surface area contributed by atoms with Crippen LogP contribution in [-0.2, 0) is 10.0 Å². The molecule has 0 spiro atoms. The van der Waals surface area contributed by atoms with E-state index in [2.05, 4.69) is 10.0 Å². The van der Waals surface area contributed by atoms with Crippen LogP contribution in [0.4, 0.5) is 14.5 Å². The van der Waals surface area contributed by atoms with Crippen molar-refractivity contribution in [3.8, 4) is 0 Å². The first-order valence-electron chi connectivity index (χ1n) is 7.55. The topological polar surface area (TPSA) is 75.3 Å². The Morgan fingerprint density at radius 1 is 1.08 bits per heavy atom. The molecule has 0 unspecified atom stereocenters. The van der Waals surface area contributed by atoms with Crippen LogP contribution in [0.2, 0.25) is 0 Å². The number of carbonyl (C=O) groups is 1. The Morgan fingerprint density at radius 2 is 1.72 bits per heavy atom. The van der Waals surface area contributed by atoms with Gasteiger partial charge >= 0.3 is 0 Å². The van der Waals surface area contributed by atoms with E-state index in [0.717, 1.165) is 18.2 Å². The third-order valence-corrected chi connectivity index (χ3v) is 4.71. The molecule has 0 fully saturated rings. The molecule has 0 radical (unpaired) electrons. The van der Waals surface area contributed by atoms with Gasteiger partial charge in [0.1, 0.15) is 11.6 Å². The van der Waals surface area contributed by atoms with Crippen LogP contribution in [0.5, 0.6) is 0 Å². The van der Waals surface area contributed by atoms with Crippen molar-refractivity contribution in [1.82, 2.24) is 4.72 Å². The van der Waals surface area contributed by atoms with E-state index < -0.39 is 27.6 Å². The van der Waals surface area contributed by atoms with Crippen molar-refractivity contribution < 1.29 is 22.0 Å². The fourth-order valence-electron chi connectivity index (χ4n) is 1.92. The zero-order valence-electron chi connectivity index (χ0n) is 13.7. The van der Waals surface area contributed by atoms with E-state index in [-0.39, 0.29) is 28.6 Å². The van der Waals surface area contributed by atoms with Gasteiger partial charge in [-0.3, -0.25) is 4.79 Å². The molecule has 8 heteroatoms. The van der Waals surface area contributed by atoms with E-state index in [9.17, 15) is 22.0 Å². The number of hydrogen-bond acceptors (Lipinski definition) is 3. The van der Waals surface area contributed by atoms with Gasteiger partial charge < -0.3 is 5.32 Å². The molecule has 0 atom stereocenters. The Hall–Kier alpha value is -2.32. The van der Waals surface area contributed by atoms with Crippen molar-refractivity contribution in [1.29, 1.82) is 0 Å². The lowest BCUT2D eigenvalue weighted by molar-refractivity contribution is 0.102. The predicted molar refractivity (Wildman–Crippen MR) is 90.8 cm³/mol. The van der Waals surface area contributed by atoms with Gasteiger partial charge in [0, 0.05) is 12.1 Å². The van der Waals surface area contributed by atoms with E-state index in [1.165, 1.54) is 24.3 Å². The van der Waals surface area contributed by atoms with Crippen LogP contribution in [-0.4, -0.2) is 20.9 Å². The van der Waals surface area contributed by atoms with Gasteiger partial charge in [-0.1, -0.05) is 13.8 Å². The van der Waals surface area contributed by atoms with Crippen LogP contribution in [0, 0.1) is 17.6 Å². The number of nitrogens with one attached hydrogen (secondary N) is 2. The minimum Gasteiger partial charge on any atom is -0.319 e. The minimum atomic E-state index is -3.82. The average Bonchev–Trinajstić information content (AvgIpc) is 2.55. The number of halogens is 2. The highest BCUT2D eigenvalue weighted by Crippen LogP contribution is 2.20. The maximum absolute atomic E-state index is 14.2. The van der Waals surface area contributed by atoms with Gasteiger partial charge in [-0.25, -0.2) is 21.9 Å². The molecule has 25 heavy (non-hydrogen) atoms. The maximum atomic E-state index is 14.2. The van der Waals surface area contributed by atoms with Crippen molar-refractivity contribution in [2.75, 3.05) is 11.9 Å². The van der Waals surface area contributed by atoms with E-state index in [0.29, 0.717) is 0 Å². The summed E-state index contributed by atoms with van der Waals surface area (Å²) in [5, 5.41) is 2.32. The quantitative estimate of drug-likeness (QED) is 0.822. The van der Waals surface area contributed by atoms with Crippen LogP contribution in [0.25, 0.3) is 0 Å². The molecule has 0 saturated carbocycles. The SMILES string of the molecule is CC(C)CNS(=O)(=O)c1ccc(NC(=O)c2ccc(F)cc2)c(F)c1. The predicted octanol–water partition coefficient (Wildman–Crippen LogP) is 3.15. The summed E-state index contributed by atoms with van der Waals surface area (Å²) in [6.45, 7) is 3.92. The standard InChI is InChI=1S/C17H18F2N2O3S/c1-11(2)10-20-25(23,24)14-7-8-16(15(19)9-14)21-17(22)12-3-5-13(18)6-4-12/h3-9,11,20H,10H2,1-2H3,(H,21,22). The second-order valence-corrected chi connectivity index (χ2v) is 7.62. The van der Waals surface area contributed by atoms with Gasteiger partial charge in [0.2, 0.25) is 10.0 Å². The Labute approximate surface area is 145 Å². The highest BCUT2D eigenvalue weighted by Gasteiger charge is 2.17. The fourth-order valence-corrected chi connectivity index (χ4v) is 3.15. The normalized spacial score (nSPS) is 11.6. The lowest BCUT2D eigenvalue weighted by Crippen LogP contribution is -2.27. The van der Waals surface area contributed by atoms with Crippen LogP contribution >= 0.6 is 0 Å². The van der Waals surface area contributed by atoms with Crippen molar-refractivity contribution in [2.45, 2.75) is 18.7 Å². The molecule has 2 rings (SSSR count). The molecule has 0 aromatic heterocycles. The van der Waals surface area contributed by atoms with Crippen LogP contribution in [0.15, 0.2) is 47.4 Å². The molecule has 0 heterocycles.